The van der Waals surface area contributed by atoms with Gasteiger partial charge in [0.1, 0.15) is 11.5 Å². The molecule has 1 aromatic rings. The standard InChI is InChI=1S/C23H33N5O3/c1-24-21(13-22(25-2)27-19-8-11-31-12-9-19)23(30)26-14-20(29)16-28-10-7-17-5-3-4-6-18(17)15-28/h3-6,13,19-20,27,29H,2,7-12,14-16H2,1H3,(H,26,30)/b22-13+,24-21+/t20-/m0/s1. The van der Waals surface area contributed by atoms with E-state index in [1.54, 1.807) is 13.1 Å². The molecule has 8 heteroatoms. The molecule has 8 nitrogen and oxygen atoms in total. The number of nitrogens with one attached hydrogen (secondary N) is 2. The van der Waals surface area contributed by atoms with E-state index in [2.05, 4.69) is 50.4 Å². The number of hydrogen-bond donors (Lipinski definition) is 3. The molecule has 1 amide bonds. The van der Waals surface area contributed by atoms with Crippen molar-refractivity contribution in [3.63, 3.8) is 0 Å². The summed E-state index contributed by atoms with van der Waals surface area (Å²) in [6.07, 6.45) is 3.67. The van der Waals surface area contributed by atoms with Crippen molar-refractivity contribution in [2.24, 2.45) is 9.98 Å². The Balaban J connectivity index is 1.47. The summed E-state index contributed by atoms with van der Waals surface area (Å²) in [5, 5.41) is 16.5. The number of nitrogens with zero attached hydrogens (tertiary/aromatic N) is 3. The molecule has 1 atom stereocenters. The van der Waals surface area contributed by atoms with Crippen LogP contribution in [0.1, 0.15) is 24.0 Å². The lowest BCUT2D eigenvalue weighted by Crippen LogP contribution is -2.43. The zero-order valence-corrected chi connectivity index (χ0v) is 18.2. The van der Waals surface area contributed by atoms with Gasteiger partial charge in [-0.25, -0.2) is 4.99 Å². The highest BCUT2D eigenvalue weighted by Gasteiger charge is 2.20. The van der Waals surface area contributed by atoms with Crippen molar-refractivity contribution in [3.05, 3.63) is 47.3 Å². The Hall–Kier alpha value is -2.55. The SMILES string of the molecule is C=N/C(=C\C(=N/C)C(=O)NC[C@H](O)CN1CCc2ccccc2C1)NC1CCOCC1. The molecule has 2 aliphatic heterocycles. The summed E-state index contributed by atoms with van der Waals surface area (Å²) >= 11 is 0. The van der Waals surface area contributed by atoms with Gasteiger partial charge in [0, 0.05) is 58.6 Å². The molecule has 0 saturated carbocycles. The van der Waals surface area contributed by atoms with Crippen LogP contribution in [-0.2, 0) is 22.5 Å². The molecule has 0 aromatic heterocycles. The number of benzene rings is 1. The first kappa shape index (κ1) is 23.1. The van der Waals surface area contributed by atoms with Crippen LogP contribution >= 0.6 is 0 Å². The highest BCUT2D eigenvalue weighted by Crippen LogP contribution is 2.18. The number of carbonyl (C=O) groups excluding carboxylic acids is 1. The van der Waals surface area contributed by atoms with Crippen LogP contribution in [0.25, 0.3) is 0 Å². The van der Waals surface area contributed by atoms with Crippen LogP contribution in [0.5, 0.6) is 0 Å². The number of fused-ring (bicyclic) bond motifs is 1. The average molecular weight is 428 g/mol. The van der Waals surface area contributed by atoms with Crippen LogP contribution in [0.3, 0.4) is 0 Å². The number of amides is 1. The first-order chi connectivity index (χ1) is 15.1. The monoisotopic (exact) mass is 427 g/mol. The molecule has 1 saturated heterocycles. The van der Waals surface area contributed by atoms with Crippen molar-refractivity contribution in [1.29, 1.82) is 0 Å². The molecule has 168 valence electrons. The lowest BCUT2D eigenvalue weighted by atomic mass is 10.00. The summed E-state index contributed by atoms with van der Waals surface area (Å²) in [4.78, 5) is 22.8. The third kappa shape index (κ3) is 6.99. The molecule has 2 heterocycles. The maximum atomic E-state index is 12.6. The summed E-state index contributed by atoms with van der Waals surface area (Å²) < 4.78 is 5.36. The summed E-state index contributed by atoms with van der Waals surface area (Å²) in [5.74, 6) is 0.163. The van der Waals surface area contributed by atoms with Crippen LogP contribution in [0.2, 0.25) is 0 Å². The van der Waals surface area contributed by atoms with Crippen LogP contribution in [0.4, 0.5) is 0 Å². The fourth-order valence-corrected chi connectivity index (χ4v) is 3.92. The van der Waals surface area contributed by atoms with E-state index < -0.39 is 6.10 Å². The lowest BCUT2D eigenvalue weighted by molar-refractivity contribution is -0.115. The molecule has 1 fully saturated rings. The van der Waals surface area contributed by atoms with E-state index in [1.165, 1.54) is 11.1 Å². The minimum absolute atomic E-state index is 0.161. The Labute approximate surface area is 184 Å². The van der Waals surface area contributed by atoms with Crippen molar-refractivity contribution in [2.75, 3.05) is 39.9 Å². The second-order valence-corrected chi connectivity index (χ2v) is 7.95. The van der Waals surface area contributed by atoms with E-state index in [-0.39, 0.29) is 24.2 Å². The smallest absolute Gasteiger partial charge is 0.269 e. The Morgan fingerprint density at radius 3 is 2.81 bits per heavy atom. The Morgan fingerprint density at radius 2 is 2.10 bits per heavy atom. The summed E-state index contributed by atoms with van der Waals surface area (Å²) in [6, 6.07) is 8.63. The summed E-state index contributed by atoms with van der Waals surface area (Å²) in [6.45, 7) is 7.38. The number of aliphatic hydroxyl groups excluding tert-OH is 1. The molecular weight excluding hydrogens is 394 g/mol. The van der Waals surface area contributed by atoms with E-state index in [0.717, 1.165) is 32.4 Å². The third-order valence-corrected chi connectivity index (χ3v) is 5.67. The quantitative estimate of drug-likeness (QED) is 0.509. The maximum absolute atomic E-state index is 12.6. The molecule has 0 unspecified atom stereocenters. The van der Waals surface area contributed by atoms with Gasteiger partial charge in [0.25, 0.3) is 5.91 Å². The van der Waals surface area contributed by atoms with Gasteiger partial charge in [-0.2, -0.15) is 0 Å². The number of aliphatic imine (C=N–C) groups is 2. The second kappa shape index (κ2) is 11.7. The van der Waals surface area contributed by atoms with Gasteiger partial charge in [-0.15, -0.1) is 0 Å². The molecule has 31 heavy (non-hydrogen) atoms. The van der Waals surface area contributed by atoms with E-state index in [1.807, 2.05) is 6.07 Å². The summed E-state index contributed by atoms with van der Waals surface area (Å²) in [5.41, 5.74) is 2.91. The van der Waals surface area contributed by atoms with Crippen LogP contribution < -0.4 is 10.6 Å². The van der Waals surface area contributed by atoms with Gasteiger partial charge in [0.05, 0.1) is 6.10 Å². The van der Waals surface area contributed by atoms with Gasteiger partial charge < -0.3 is 20.5 Å². The predicted molar refractivity (Wildman–Crippen MR) is 122 cm³/mol. The molecular formula is C23H33N5O3. The second-order valence-electron chi connectivity index (χ2n) is 7.95. The molecule has 1 aromatic carbocycles. The Morgan fingerprint density at radius 1 is 1.35 bits per heavy atom. The fourth-order valence-electron chi connectivity index (χ4n) is 3.92. The first-order valence-corrected chi connectivity index (χ1v) is 10.8. The van der Waals surface area contributed by atoms with Crippen molar-refractivity contribution < 1.29 is 14.6 Å². The van der Waals surface area contributed by atoms with Gasteiger partial charge >= 0.3 is 0 Å². The summed E-state index contributed by atoms with van der Waals surface area (Å²) in [7, 11) is 1.56. The topological polar surface area (TPSA) is 98.5 Å². The van der Waals surface area contributed by atoms with Crippen molar-refractivity contribution >= 4 is 18.3 Å². The normalized spacial score (nSPS) is 19.4. The first-order valence-electron chi connectivity index (χ1n) is 10.8. The number of rotatable bonds is 9. The van der Waals surface area contributed by atoms with Crippen molar-refractivity contribution in [2.45, 2.75) is 38.0 Å². The van der Waals surface area contributed by atoms with Gasteiger partial charge in [-0.05, 0) is 37.1 Å². The third-order valence-electron chi connectivity index (χ3n) is 5.67. The van der Waals surface area contributed by atoms with Gasteiger partial charge in [-0.1, -0.05) is 24.3 Å². The Bertz CT molecular complexity index is 817. The maximum Gasteiger partial charge on any atom is 0.269 e. The number of hydrogen-bond acceptors (Lipinski definition) is 7. The number of aliphatic hydroxyl groups is 1. The molecule has 0 radical (unpaired) electrons. The molecule has 0 aliphatic carbocycles. The van der Waals surface area contributed by atoms with E-state index in [0.29, 0.717) is 25.6 Å². The molecule has 3 rings (SSSR count). The largest absolute Gasteiger partial charge is 0.390 e. The van der Waals surface area contributed by atoms with Crippen molar-refractivity contribution in [3.8, 4) is 0 Å². The minimum atomic E-state index is -0.659. The highest BCUT2D eigenvalue weighted by molar-refractivity contribution is 6.43. The van der Waals surface area contributed by atoms with Gasteiger partial charge in [0.2, 0.25) is 0 Å². The predicted octanol–water partition coefficient (Wildman–Crippen LogP) is 0.903. The number of ether oxygens (including phenoxy) is 1. The van der Waals surface area contributed by atoms with Crippen LogP contribution in [-0.4, -0.2) is 80.4 Å². The highest BCUT2D eigenvalue weighted by atomic mass is 16.5. The molecule has 0 spiro atoms. The lowest BCUT2D eigenvalue weighted by Gasteiger charge is -2.30. The van der Waals surface area contributed by atoms with Gasteiger partial charge in [-0.3, -0.25) is 14.7 Å². The van der Waals surface area contributed by atoms with E-state index in [4.69, 9.17) is 4.74 Å². The molecule has 3 N–H and O–H groups in total. The number of carbonyl (C=O) groups is 1. The van der Waals surface area contributed by atoms with Crippen molar-refractivity contribution in [1.82, 2.24) is 15.5 Å². The molecule has 0 bridgehead atoms. The van der Waals surface area contributed by atoms with E-state index in [9.17, 15) is 9.90 Å². The zero-order chi connectivity index (χ0) is 22.1. The average Bonchev–Trinajstić information content (AvgIpc) is 2.80. The van der Waals surface area contributed by atoms with Gasteiger partial charge in [0.15, 0.2) is 0 Å². The van der Waals surface area contributed by atoms with Crippen LogP contribution in [0, 0.1) is 0 Å². The minimum Gasteiger partial charge on any atom is -0.390 e. The zero-order valence-electron chi connectivity index (χ0n) is 18.2. The van der Waals surface area contributed by atoms with E-state index >= 15 is 0 Å². The fraction of sp³-hybridized carbons (Fsp3) is 0.522. The number of β-amino-alcohol motifs (C(OH)–C–C–N with tert-alkyl or cyclic N) is 1. The Kier molecular flexibility index (Phi) is 8.75. The van der Waals surface area contributed by atoms with Crippen LogP contribution in [0.15, 0.2) is 46.1 Å². The molecule has 2 aliphatic rings.